The van der Waals surface area contributed by atoms with Crippen LogP contribution in [-0.4, -0.2) is 16.2 Å². The van der Waals surface area contributed by atoms with E-state index in [4.69, 9.17) is 5.41 Å². The number of nitrogens with zero attached hydrogens (tertiary/aromatic N) is 1. The molecule has 0 saturated carbocycles. The molecule has 0 radical (unpaired) electrons. The second-order valence-electron chi connectivity index (χ2n) is 1.95. The predicted octanol–water partition coefficient (Wildman–Crippen LogP) is 1.46. The Bertz CT molecular complexity index is 233. The van der Waals surface area contributed by atoms with E-state index >= 15 is 0 Å². The van der Waals surface area contributed by atoms with E-state index in [1.54, 1.807) is 18.5 Å². The lowest BCUT2D eigenvalue weighted by atomic mass is 10.3. The van der Waals surface area contributed by atoms with Gasteiger partial charge in [0, 0.05) is 18.6 Å². The van der Waals surface area contributed by atoms with Gasteiger partial charge in [0.15, 0.2) is 0 Å². The third-order valence-corrected chi connectivity index (χ3v) is 1.21. The van der Waals surface area contributed by atoms with E-state index in [1.165, 1.54) is 6.21 Å². The van der Waals surface area contributed by atoms with Gasteiger partial charge in [0.05, 0.1) is 0 Å². The summed E-state index contributed by atoms with van der Waals surface area (Å²) in [7, 11) is 0. The lowest BCUT2D eigenvalue weighted by Crippen LogP contribution is -1.81. The summed E-state index contributed by atoms with van der Waals surface area (Å²) < 4.78 is 0. The van der Waals surface area contributed by atoms with Gasteiger partial charge in [-0.25, -0.2) is 4.98 Å². The molecule has 0 bridgehead atoms. The second kappa shape index (κ2) is 2.96. The molecule has 52 valence electrons. The summed E-state index contributed by atoms with van der Waals surface area (Å²) in [4.78, 5) is 6.95. The van der Waals surface area contributed by atoms with Crippen LogP contribution in [0.5, 0.6) is 0 Å². The first-order chi connectivity index (χ1) is 4.84. The number of nitrogens with one attached hydrogen (secondary N) is 2. The molecule has 3 nitrogen and oxygen atoms in total. The maximum atomic E-state index is 6.79. The number of imidazole rings is 1. The van der Waals surface area contributed by atoms with E-state index in [9.17, 15) is 0 Å². The molecule has 0 aliphatic heterocycles. The van der Waals surface area contributed by atoms with Gasteiger partial charge in [-0.2, -0.15) is 0 Å². The number of rotatable bonds is 2. The third-order valence-electron chi connectivity index (χ3n) is 1.21. The van der Waals surface area contributed by atoms with Crippen molar-refractivity contribution in [3.8, 4) is 0 Å². The summed E-state index contributed by atoms with van der Waals surface area (Å²) in [5, 5.41) is 6.79. The zero-order valence-electron chi connectivity index (χ0n) is 5.76. The van der Waals surface area contributed by atoms with Crippen molar-refractivity contribution in [1.29, 1.82) is 5.41 Å². The van der Waals surface area contributed by atoms with Gasteiger partial charge >= 0.3 is 0 Å². The number of aromatic amines is 1. The van der Waals surface area contributed by atoms with Crippen LogP contribution in [0.25, 0.3) is 5.57 Å². The Morgan fingerprint density at radius 2 is 2.60 bits per heavy atom. The van der Waals surface area contributed by atoms with E-state index in [0.717, 1.165) is 11.4 Å². The highest BCUT2D eigenvalue weighted by molar-refractivity contribution is 5.80. The molecular weight excluding hydrogens is 126 g/mol. The molecular formula is C7H9N3. The molecule has 0 atom stereocenters. The standard InChI is InChI=1S/C7H9N3/c1-6(2-3-8)7-9-4-5-10-7/h2-5,8H,1H3,(H,9,10)/b6-2-,8-3?. The van der Waals surface area contributed by atoms with Gasteiger partial charge in [-0.3, -0.25) is 0 Å². The molecule has 0 aliphatic rings. The van der Waals surface area contributed by atoms with Crippen LogP contribution in [0, 0.1) is 5.41 Å². The Kier molecular flexibility index (Phi) is 1.99. The van der Waals surface area contributed by atoms with Crippen LogP contribution >= 0.6 is 0 Å². The molecule has 0 spiro atoms. The first-order valence-corrected chi connectivity index (χ1v) is 3.01. The highest BCUT2D eigenvalue weighted by atomic mass is 14.9. The first-order valence-electron chi connectivity index (χ1n) is 3.01. The van der Waals surface area contributed by atoms with Crippen LogP contribution in [0.4, 0.5) is 0 Å². The lowest BCUT2D eigenvalue weighted by molar-refractivity contribution is 1.23. The van der Waals surface area contributed by atoms with Crippen molar-refractivity contribution in [3.05, 3.63) is 24.3 Å². The summed E-state index contributed by atoms with van der Waals surface area (Å²) in [6, 6.07) is 0. The first kappa shape index (κ1) is 6.74. The summed E-state index contributed by atoms with van der Waals surface area (Å²) in [5.41, 5.74) is 0.972. The smallest absolute Gasteiger partial charge is 0.132 e. The fraction of sp³-hybridized carbons (Fsp3) is 0.143. The van der Waals surface area contributed by atoms with E-state index in [0.29, 0.717) is 0 Å². The molecule has 1 aromatic heterocycles. The van der Waals surface area contributed by atoms with Crippen molar-refractivity contribution in [2.24, 2.45) is 0 Å². The lowest BCUT2D eigenvalue weighted by Gasteiger charge is -1.90. The van der Waals surface area contributed by atoms with Crippen LogP contribution in [0.1, 0.15) is 12.7 Å². The van der Waals surface area contributed by atoms with E-state index < -0.39 is 0 Å². The molecule has 1 rings (SSSR count). The Morgan fingerprint density at radius 1 is 1.80 bits per heavy atom. The minimum Gasteiger partial charge on any atom is -0.345 e. The van der Waals surface area contributed by atoms with E-state index in [1.807, 2.05) is 6.92 Å². The van der Waals surface area contributed by atoms with E-state index in [2.05, 4.69) is 9.97 Å². The molecule has 3 heteroatoms. The number of H-pyrrole nitrogens is 1. The monoisotopic (exact) mass is 135 g/mol. The number of allylic oxidation sites excluding steroid dienone is 2. The molecule has 0 amide bonds. The summed E-state index contributed by atoms with van der Waals surface area (Å²) in [5.74, 6) is 0.823. The quantitative estimate of drug-likeness (QED) is 0.592. The maximum absolute atomic E-state index is 6.79. The molecule has 2 N–H and O–H groups in total. The van der Waals surface area contributed by atoms with Crippen LogP contribution in [0.2, 0.25) is 0 Å². The van der Waals surface area contributed by atoms with Crippen molar-refractivity contribution in [1.82, 2.24) is 9.97 Å². The van der Waals surface area contributed by atoms with Crippen LogP contribution in [0.15, 0.2) is 18.5 Å². The maximum Gasteiger partial charge on any atom is 0.132 e. The van der Waals surface area contributed by atoms with Gasteiger partial charge in [-0.15, -0.1) is 0 Å². The van der Waals surface area contributed by atoms with Gasteiger partial charge in [0.1, 0.15) is 5.82 Å². The Hall–Kier alpha value is -1.38. The average molecular weight is 135 g/mol. The topological polar surface area (TPSA) is 52.5 Å². The molecule has 1 aromatic rings. The fourth-order valence-corrected chi connectivity index (χ4v) is 0.685. The van der Waals surface area contributed by atoms with Gasteiger partial charge in [-0.05, 0) is 18.6 Å². The molecule has 0 aromatic carbocycles. The molecule has 10 heavy (non-hydrogen) atoms. The fourth-order valence-electron chi connectivity index (χ4n) is 0.685. The minimum absolute atomic E-state index is 0.823. The van der Waals surface area contributed by atoms with Gasteiger partial charge < -0.3 is 10.4 Å². The van der Waals surface area contributed by atoms with Crippen molar-refractivity contribution < 1.29 is 0 Å². The Morgan fingerprint density at radius 3 is 3.10 bits per heavy atom. The summed E-state index contributed by atoms with van der Waals surface area (Å²) in [6.07, 6.45) is 6.39. The van der Waals surface area contributed by atoms with Crippen molar-refractivity contribution in [2.75, 3.05) is 0 Å². The van der Waals surface area contributed by atoms with Crippen molar-refractivity contribution in [2.45, 2.75) is 6.92 Å². The normalized spacial score (nSPS) is 11.5. The molecule has 0 aliphatic carbocycles. The zero-order valence-corrected chi connectivity index (χ0v) is 5.76. The largest absolute Gasteiger partial charge is 0.345 e. The summed E-state index contributed by atoms with van der Waals surface area (Å²) in [6.45, 7) is 1.91. The Balaban J connectivity index is 2.86. The highest BCUT2D eigenvalue weighted by Gasteiger charge is 1.93. The summed E-state index contributed by atoms with van der Waals surface area (Å²) >= 11 is 0. The molecule has 0 unspecified atom stereocenters. The van der Waals surface area contributed by atoms with Crippen LogP contribution in [-0.2, 0) is 0 Å². The van der Waals surface area contributed by atoms with Crippen molar-refractivity contribution in [3.63, 3.8) is 0 Å². The zero-order chi connectivity index (χ0) is 7.40. The molecule has 1 heterocycles. The van der Waals surface area contributed by atoms with Crippen LogP contribution in [0.3, 0.4) is 0 Å². The van der Waals surface area contributed by atoms with Crippen LogP contribution < -0.4 is 0 Å². The highest BCUT2D eigenvalue weighted by Crippen LogP contribution is 2.04. The SMILES string of the molecule is C/C(=C/C=N)c1ncc[nH]1. The van der Waals surface area contributed by atoms with E-state index in [-0.39, 0.29) is 0 Å². The second-order valence-corrected chi connectivity index (χ2v) is 1.95. The number of aromatic nitrogens is 2. The van der Waals surface area contributed by atoms with Gasteiger partial charge in [0.25, 0.3) is 0 Å². The predicted molar refractivity (Wildman–Crippen MR) is 41.0 cm³/mol. The molecule has 0 saturated heterocycles. The van der Waals surface area contributed by atoms with Crippen molar-refractivity contribution >= 4 is 11.8 Å². The molecule has 0 fully saturated rings. The van der Waals surface area contributed by atoms with Gasteiger partial charge in [-0.1, -0.05) is 0 Å². The van der Waals surface area contributed by atoms with Gasteiger partial charge in [0.2, 0.25) is 0 Å². The number of hydrogen-bond donors (Lipinski definition) is 2. The minimum atomic E-state index is 0.823. The Labute approximate surface area is 59.3 Å². The number of hydrogen-bond acceptors (Lipinski definition) is 2. The third kappa shape index (κ3) is 1.31. The average Bonchev–Trinajstić information content (AvgIpc) is 2.38.